The second-order valence-electron chi connectivity index (χ2n) is 4.94. The van der Waals surface area contributed by atoms with Crippen LogP contribution in [0.4, 0.5) is 0 Å². The molecule has 0 bridgehead atoms. The highest BCUT2D eigenvalue weighted by Gasteiger charge is 2.13. The highest BCUT2D eigenvalue weighted by atomic mass is 79.9. The first-order valence-corrected chi connectivity index (χ1v) is 7.90. The van der Waals surface area contributed by atoms with Crippen LogP contribution >= 0.6 is 39.1 Å². The van der Waals surface area contributed by atoms with Crippen molar-refractivity contribution in [3.05, 3.63) is 56.1 Å². The first kappa shape index (κ1) is 14.8. The van der Waals surface area contributed by atoms with Crippen LogP contribution in [0, 0.1) is 13.8 Å². The summed E-state index contributed by atoms with van der Waals surface area (Å²) in [5.41, 5.74) is 3.80. The van der Waals surface area contributed by atoms with Gasteiger partial charge in [-0.25, -0.2) is 9.97 Å². The largest absolute Gasteiger partial charge is 0.228 e. The molecule has 1 heterocycles. The molecule has 1 aromatic heterocycles. The second kappa shape index (κ2) is 5.56. The second-order valence-corrected chi connectivity index (χ2v) is 6.62. The van der Waals surface area contributed by atoms with E-state index in [1.165, 1.54) is 0 Å². The number of aromatic nitrogens is 2. The van der Waals surface area contributed by atoms with E-state index in [9.17, 15) is 0 Å². The Morgan fingerprint density at radius 3 is 2.52 bits per heavy atom. The molecule has 0 N–H and O–H groups in total. The Bertz CT molecular complexity index is 863. The number of hydrogen-bond acceptors (Lipinski definition) is 2. The first-order chi connectivity index (χ1) is 9.95. The van der Waals surface area contributed by atoms with Gasteiger partial charge in [0.2, 0.25) is 0 Å². The molecule has 0 fully saturated rings. The molecule has 106 valence electrons. The fourth-order valence-corrected chi connectivity index (χ4v) is 3.27. The molecule has 2 nitrogen and oxygen atoms in total. The van der Waals surface area contributed by atoms with Crippen LogP contribution in [0.3, 0.4) is 0 Å². The number of rotatable bonds is 1. The Morgan fingerprint density at radius 2 is 1.76 bits per heavy atom. The highest BCUT2D eigenvalue weighted by molar-refractivity contribution is 9.10. The van der Waals surface area contributed by atoms with Gasteiger partial charge in [-0.05, 0) is 49.2 Å². The van der Waals surface area contributed by atoms with Crippen LogP contribution < -0.4 is 0 Å². The van der Waals surface area contributed by atoms with Crippen molar-refractivity contribution in [3.8, 4) is 11.4 Å². The minimum Gasteiger partial charge on any atom is -0.228 e. The fraction of sp³-hybridized carbons (Fsp3) is 0.125. The highest BCUT2D eigenvalue weighted by Crippen LogP contribution is 2.32. The van der Waals surface area contributed by atoms with Gasteiger partial charge < -0.3 is 0 Å². The van der Waals surface area contributed by atoms with Gasteiger partial charge in [0.1, 0.15) is 5.15 Å². The molecule has 0 aliphatic heterocycles. The topological polar surface area (TPSA) is 25.8 Å². The molecule has 3 rings (SSSR count). The van der Waals surface area contributed by atoms with Crippen LogP contribution in [0.25, 0.3) is 22.3 Å². The molecule has 0 spiro atoms. The Kier molecular flexibility index (Phi) is 3.91. The molecule has 21 heavy (non-hydrogen) atoms. The summed E-state index contributed by atoms with van der Waals surface area (Å²) in [5, 5.41) is 1.93. The number of nitrogens with zero attached hydrogens (tertiary/aromatic N) is 2. The molecule has 0 aliphatic rings. The summed E-state index contributed by atoms with van der Waals surface area (Å²) in [6, 6.07) is 9.66. The Hall–Kier alpha value is -1.16. The van der Waals surface area contributed by atoms with E-state index in [0.717, 1.165) is 32.1 Å². The van der Waals surface area contributed by atoms with Gasteiger partial charge in [0.15, 0.2) is 5.82 Å². The average Bonchev–Trinajstić information content (AvgIpc) is 2.40. The number of hydrogen-bond donors (Lipinski definition) is 0. The molecule has 2 aromatic carbocycles. The lowest BCUT2D eigenvalue weighted by atomic mass is 10.1. The summed E-state index contributed by atoms with van der Waals surface area (Å²) in [7, 11) is 0. The lowest BCUT2D eigenvalue weighted by molar-refractivity contribution is 1.21. The van der Waals surface area contributed by atoms with Crippen molar-refractivity contribution in [1.82, 2.24) is 9.97 Å². The maximum atomic E-state index is 6.36. The van der Waals surface area contributed by atoms with Gasteiger partial charge in [-0.2, -0.15) is 0 Å². The summed E-state index contributed by atoms with van der Waals surface area (Å²) >= 11 is 16.0. The summed E-state index contributed by atoms with van der Waals surface area (Å²) in [6.45, 7) is 4.05. The van der Waals surface area contributed by atoms with Gasteiger partial charge in [-0.3, -0.25) is 0 Å². The number of benzene rings is 2. The smallest absolute Gasteiger partial charge is 0.163 e. The third-order valence-electron chi connectivity index (χ3n) is 3.27. The van der Waals surface area contributed by atoms with E-state index in [1.54, 1.807) is 0 Å². The molecule has 0 unspecified atom stereocenters. The van der Waals surface area contributed by atoms with Crippen LogP contribution in [0.15, 0.2) is 34.8 Å². The number of aryl methyl sites for hydroxylation is 2. The van der Waals surface area contributed by atoms with E-state index in [1.807, 2.05) is 38.1 Å². The Labute approximate surface area is 141 Å². The summed E-state index contributed by atoms with van der Waals surface area (Å²) in [6.07, 6.45) is 0. The SMILES string of the molecule is Cc1cc(C)c2c(Cl)nc(-c3cc(Br)ccc3Cl)nc2c1. The van der Waals surface area contributed by atoms with Crippen LogP contribution in [0.5, 0.6) is 0 Å². The Morgan fingerprint density at radius 1 is 1.00 bits per heavy atom. The minimum absolute atomic E-state index is 0.448. The molecule has 5 heteroatoms. The molecule has 0 radical (unpaired) electrons. The van der Waals surface area contributed by atoms with Gasteiger partial charge >= 0.3 is 0 Å². The monoisotopic (exact) mass is 380 g/mol. The quantitative estimate of drug-likeness (QED) is 0.484. The van der Waals surface area contributed by atoms with Crippen molar-refractivity contribution in [2.24, 2.45) is 0 Å². The summed E-state index contributed by atoms with van der Waals surface area (Å²) in [4.78, 5) is 9.04. The zero-order valence-electron chi connectivity index (χ0n) is 11.4. The predicted octanol–water partition coefficient (Wildman–Crippen LogP) is 5.98. The summed E-state index contributed by atoms with van der Waals surface area (Å²) in [5.74, 6) is 0.531. The van der Waals surface area contributed by atoms with Crippen LogP contribution in [-0.4, -0.2) is 9.97 Å². The van der Waals surface area contributed by atoms with Crippen molar-refractivity contribution < 1.29 is 0 Å². The van der Waals surface area contributed by atoms with Crippen molar-refractivity contribution in [2.75, 3.05) is 0 Å². The molecule has 0 aliphatic carbocycles. The van der Waals surface area contributed by atoms with Gasteiger partial charge in [-0.1, -0.05) is 45.2 Å². The third-order valence-corrected chi connectivity index (χ3v) is 4.36. The summed E-state index contributed by atoms with van der Waals surface area (Å²) < 4.78 is 0.919. The normalized spacial score (nSPS) is 11.1. The molecular formula is C16H11BrCl2N2. The third kappa shape index (κ3) is 2.78. The first-order valence-electron chi connectivity index (χ1n) is 6.35. The van der Waals surface area contributed by atoms with Crippen molar-refractivity contribution >= 4 is 50.0 Å². The van der Waals surface area contributed by atoms with E-state index in [2.05, 4.69) is 32.0 Å². The van der Waals surface area contributed by atoms with E-state index in [0.29, 0.717) is 16.0 Å². The van der Waals surface area contributed by atoms with Crippen LogP contribution in [0.1, 0.15) is 11.1 Å². The van der Waals surface area contributed by atoms with E-state index >= 15 is 0 Å². The molecule has 3 aromatic rings. The molecule has 0 saturated heterocycles. The van der Waals surface area contributed by atoms with Crippen molar-refractivity contribution in [3.63, 3.8) is 0 Å². The van der Waals surface area contributed by atoms with Gasteiger partial charge in [0.25, 0.3) is 0 Å². The average molecular weight is 382 g/mol. The van der Waals surface area contributed by atoms with E-state index < -0.39 is 0 Å². The molecule has 0 amide bonds. The lowest BCUT2D eigenvalue weighted by Gasteiger charge is -2.09. The van der Waals surface area contributed by atoms with Crippen LogP contribution in [0.2, 0.25) is 10.2 Å². The van der Waals surface area contributed by atoms with E-state index in [4.69, 9.17) is 23.2 Å². The van der Waals surface area contributed by atoms with Crippen LogP contribution in [-0.2, 0) is 0 Å². The maximum absolute atomic E-state index is 6.36. The fourth-order valence-electron chi connectivity index (χ4n) is 2.38. The number of fused-ring (bicyclic) bond motifs is 1. The zero-order chi connectivity index (χ0) is 15.1. The van der Waals surface area contributed by atoms with Crippen molar-refractivity contribution in [1.29, 1.82) is 0 Å². The minimum atomic E-state index is 0.448. The molecular weight excluding hydrogens is 371 g/mol. The van der Waals surface area contributed by atoms with Gasteiger partial charge in [0.05, 0.1) is 10.5 Å². The van der Waals surface area contributed by atoms with Crippen molar-refractivity contribution in [2.45, 2.75) is 13.8 Å². The number of halogens is 3. The Balaban J connectivity index is 2.32. The van der Waals surface area contributed by atoms with Gasteiger partial charge in [-0.15, -0.1) is 0 Å². The maximum Gasteiger partial charge on any atom is 0.163 e. The van der Waals surface area contributed by atoms with E-state index in [-0.39, 0.29) is 0 Å². The predicted molar refractivity (Wildman–Crippen MR) is 92.2 cm³/mol. The lowest BCUT2D eigenvalue weighted by Crippen LogP contribution is -1.95. The molecule has 0 atom stereocenters. The standard InChI is InChI=1S/C16H11BrCl2N2/c1-8-5-9(2)14-13(6-8)20-16(21-15(14)19)11-7-10(17)3-4-12(11)18/h3-7H,1-2H3. The zero-order valence-corrected chi connectivity index (χ0v) is 14.5. The van der Waals surface area contributed by atoms with Gasteiger partial charge in [0, 0.05) is 15.4 Å². The molecule has 0 saturated carbocycles.